The molecule has 0 saturated heterocycles. The van der Waals surface area contributed by atoms with E-state index in [4.69, 9.17) is 21.1 Å². The molecule has 0 radical (unpaired) electrons. The molecule has 5 aromatic rings. The summed E-state index contributed by atoms with van der Waals surface area (Å²) in [5, 5.41) is -0.569. The van der Waals surface area contributed by atoms with Crippen molar-refractivity contribution in [2.24, 2.45) is 0 Å². The topological polar surface area (TPSA) is 74.4 Å². The lowest BCUT2D eigenvalue weighted by atomic mass is 10.2. The van der Waals surface area contributed by atoms with Crippen LogP contribution < -0.4 is 9.47 Å². The van der Waals surface area contributed by atoms with Crippen LogP contribution in [0.1, 0.15) is 16.8 Å². The fourth-order valence-corrected chi connectivity index (χ4v) is 3.93. The molecule has 3 aromatic heterocycles. The van der Waals surface area contributed by atoms with E-state index < -0.39 is 39.9 Å². The molecule has 0 aliphatic heterocycles. The van der Waals surface area contributed by atoms with Gasteiger partial charge >= 0.3 is 6.18 Å². The number of benzene rings is 2. The third kappa shape index (κ3) is 5.07. The first-order chi connectivity index (χ1) is 18.1. The molecule has 0 aliphatic rings. The zero-order chi connectivity index (χ0) is 27.0. The SMILES string of the molecule is Cc1cc(OCc2cc(F)c(Oc3ccc(Cl)c(C(F)(F)F)c3)c(F)c2)nc2ncc(-c3cncnc3)n12. The van der Waals surface area contributed by atoms with Crippen LogP contribution in [-0.2, 0) is 12.8 Å². The Morgan fingerprint density at radius 3 is 2.37 bits per heavy atom. The minimum Gasteiger partial charge on any atom is -0.473 e. The number of imidazole rings is 1. The van der Waals surface area contributed by atoms with Gasteiger partial charge in [-0.2, -0.15) is 18.2 Å². The van der Waals surface area contributed by atoms with Crippen molar-refractivity contribution in [1.29, 1.82) is 0 Å². The monoisotopic (exact) mass is 547 g/mol. The maximum Gasteiger partial charge on any atom is 0.417 e. The van der Waals surface area contributed by atoms with Gasteiger partial charge in [-0.3, -0.25) is 4.40 Å². The van der Waals surface area contributed by atoms with Crippen LogP contribution in [0.2, 0.25) is 5.02 Å². The summed E-state index contributed by atoms with van der Waals surface area (Å²) in [5.74, 6) is -3.06. The molecule has 0 N–H and O–H groups in total. The van der Waals surface area contributed by atoms with E-state index in [2.05, 4.69) is 19.9 Å². The van der Waals surface area contributed by atoms with Crippen molar-refractivity contribution in [3.8, 4) is 28.6 Å². The molecule has 0 aliphatic carbocycles. The highest BCUT2D eigenvalue weighted by atomic mass is 35.5. The predicted octanol–water partition coefficient (Wildman–Crippen LogP) is 6.82. The van der Waals surface area contributed by atoms with Crippen LogP contribution in [0, 0.1) is 18.6 Å². The molecule has 2 aromatic carbocycles. The Kier molecular flexibility index (Phi) is 6.57. The van der Waals surface area contributed by atoms with Crippen LogP contribution >= 0.6 is 11.6 Å². The molecule has 5 rings (SSSR count). The minimum atomic E-state index is -4.77. The summed E-state index contributed by atoms with van der Waals surface area (Å²) >= 11 is 5.57. The summed E-state index contributed by atoms with van der Waals surface area (Å²) in [5.41, 5.74) is 1.09. The van der Waals surface area contributed by atoms with Gasteiger partial charge in [-0.1, -0.05) is 11.6 Å². The van der Waals surface area contributed by atoms with Crippen LogP contribution in [-0.4, -0.2) is 24.3 Å². The first-order valence-corrected chi connectivity index (χ1v) is 11.2. The molecule has 7 nitrogen and oxygen atoms in total. The number of aromatic nitrogens is 5. The summed E-state index contributed by atoms with van der Waals surface area (Å²) in [7, 11) is 0. The number of halogens is 6. The third-order valence-electron chi connectivity index (χ3n) is 5.40. The van der Waals surface area contributed by atoms with Gasteiger partial charge in [-0.25, -0.2) is 23.7 Å². The van der Waals surface area contributed by atoms with Crippen LogP contribution in [0.5, 0.6) is 17.4 Å². The van der Waals surface area contributed by atoms with Crippen molar-refractivity contribution in [2.45, 2.75) is 19.7 Å². The summed E-state index contributed by atoms with van der Waals surface area (Å²) in [6.07, 6.45) is 1.53. The van der Waals surface area contributed by atoms with Crippen LogP contribution in [0.3, 0.4) is 0 Å². The Bertz CT molecular complexity index is 1620. The molecule has 194 valence electrons. The van der Waals surface area contributed by atoms with E-state index in [1.165, 1.54) is 6.33 Å². The van der Waals surface area contributed by atoms with Crippen molar-refractivity contribution in [1.82, 2.24) is 24.3 Å². The molecule has 0 saturated carbocycles. The third-order valence-corrected chi connectivity index (χ3v) is 5.73. The average Bonchev–Trinajstić information content (AvgIpc) is 3.30. The second kappa shape index (κ2) is 9.86. The summed E-state index contributed by atoms with van der Waals surface area (Å²) in [6, 6.07) is 6.10. The maximum absolute atomic E-state index is 14.7. The average molecular weight is 548 g/mol. The van der Waals surface area contributed by atoms with E-state index in [1.54, 1.807) is 29.1 Å². The normalized spacial score (nSPS) is 11.7. The molecular weight excluding hydrogens is 533 g/mol. The number of fused-ring (bicyclic) bond motifs is 1. The van der Waals surface area contributed by atoms with E-state index in [9.17, 15) is 22.0 Å². The van der Waals surface area contributed by atoms with E-state index in [0.717, 1.165) is 41.2 Å². The zero-order valence-corrected chi connectivity index (χ0v) is 20.1. The second-order valence-corrected chi connectivity index (χ2v) is 8.47. The number of aryl methyl sites for hydroxylation is 1. The van der Waals surface area contributed by atoms with Gasteiger partial charge in [0.15, 0.2) is 17.4 Å². The van der Waals surface area contributed by atoms with Crippen LogP contribution in [0.15, 0.2) is 61.3 Å². The van der Waals surface area contributed by atoms with E-state index in [1.807, 2.05) is 6.92 Å². The standard InChI is InChI=1S/C25H15ClF5N5O2/c1-13-4-22(35-24-34-10-21(36(13)24)15-8-32-12-33-9-15)37-11-14-5-19(27)23(20(28)6-14)38-16-2-3-18(26)17(7-16)25(29,30)31/h2-10,12H,11H2,1H3. The Morgan fingerprint density at radius 2 is 1.68 bits per heavy atom. The number of hydrogen-bond donors (Lipinski definition) is 0. The molecule has 13 heteroatoms. The quantitative estimate of drug-likeness (QED) is 0.217. The van der Waals surface area contributed by atoms with Gasteiger partial charge in [0.2, 0.25) is 11.7 Å². The molecule has 0 bridgehead atoms. The van der Waals surface area contributed by atoms with Gasteiger partial charge < -0.3 is 9.47 Å². The number of hydrogen-bond acceptors (Lipinski definition) is 6. The lowest BCUT2D eigenvalue weighted by molar-refractivity contribution is -0.137. The van der Waals surface area contributed by atoms with Crippen LogP contribution in [0.25, 0.3) is 17.0 Å². The lowest BCUT2D eigenvalue weighted by Crippen LogP contribution is -2.06. The number of nitrogens with zero attached hydrogens (tertiary/aromatic N) is 5. The smallest absolute Gasteiger partial charge is 0.417 e. The molecular formula is C25H15ClF5N5O2. The van der Waals surface area contributed by atoms with Crippen molar-refractivity contribution >= 4 is 17.4 Å². The number of ether oxygens (including phenoxy) is 2. The molecule has 0 unspecified atom stereocenters. The summed E-state index contributed by atoms with van der Waals surface area (Å²) in [4.78, 5) is 16.6. The molecule has 3 heterocycles. The van der Waals surface area contributed by atoms with Crippen molar-refractivity contribution in [3.63, 3.8) is 0 Å². The Morgan fingerprint density at radius 1 is 0.974 bits per heavy atom. The van der Waals surface area contributed by atoms with Gasteiger partial charge in [-0.05, 0) is 42.8 Å². The van der Waals surface area contributed by atoms with Crippen LogP contribution in [0.4, 0.5) is 22.0 Å². The largest absolute Gasteiger partial charge is 0.473 e. The Labute approximate surface area is 216 Å². The highest BCUT2D eigenvalue weighted by molar-refractivity contribution is 6.31. The zero-order valence-electron chi connectivity index (χ0n) is 19.3. The fourth-order valence-electron chi connectivity index (χ4n) is 3.71. The number of alkyl halides is 3. The van der Waals surface area contributed by atoms with E-state index in [0.29, 0.717) is 11.8 Å². The molecule has 0 fully saturated rings. The maximum atomic E-state index is 14.7. The summed E-state index contributed by atoms with van der Waals surface area (Å²) < 4.78 is 81.0. The molecule has 0 spiro atoms. The Hall–Kier alpha value is -4.32. The molecule has 0 atom stereocenters. The predicted molar refractivity (Wildman–Crippen MR) is 126 cm³/mol. The van der Waals surface area contributed by atoms with Crippen molar-refractivity contribution in [3.05, 3.63) is 94.8 Å². The summed E-state index contributed by atoms with van der Waals surface area (Å²) in [6.45, 7) is 1.55. The van der Waals surface area contributed by atoms with Crippen molar-refractivity contribution < 1.29 is 31.4 Å². The van der Waals surface area contributed by atoms with Gasteiger partial charge in [0.25, 0.3) is 0 Å². The number of rotatable bonds is 6. The fraction of sp³-hybridized carbons (Fsp3) is 0.120. The molecule has 38 heavy (non-hydrogen) atoms. The van der Waals surface area contributed by atoms with Crippen molar-refractivity contribution in [2.75, 3.05) is 0 Å². The first kappa shape index (κ1) is 25.3. The van der Waals surface area contributed by atoms with Gasteiger partial charge in [0, 0.05) is 29.7 Å². The van der Waals surface area contributed by atoms with E-state index in [-0.39, 0.29) is 18.1 Å². The van der Waals surface area contributed by atoms with Gasteiger partial charge in [0.05, 0.1) is 22.5 Å². The Balaban J connectivity index is 1.34. The van der Waals surface area contributed by atoms with E-state index >= 15 is 0 Å². The minimum absolute atomic E-state index is 0.101. The highest BCUT2D eigenvalue weighted by Crippen LogP contribution is 2.38. The first-order valence-electron chi connectivity index (χ1n) is 10.9. The highest BCUT2D eigenvalue weighted by Gasteiger charge is 2.33. The van der Waals surface area contributed by atoms with Gasteiger partial charge in [0.1, 0.15) is 18.7 Å². The lowest BCUT2D eigenvalue weighted by Gasteiger charge is -2.13. The molecule has 0 amide bonds. The van der Waals surface area contributed by atoms with Gasteiger partial charge in [-0.15, -0.1) is 0 Å². The second-order valence-electron chi connectivity index (χ2n) is 8.06.